The summed E-state index contributed by atoms with van der Waals surface area (Å²) < 4.78 is 26.2. The van der Waals surface area contributed by atoms with E-state index in [9.17, 15) is 19.0 Å². The molecule has 2 atom stereocenters. The molecule has 0 aliphatic rings. The maximum atomic E-state index is 13.3. The fraction of sp³-hybridized carbons (Fsp3) is 0.500. The number of benzene rings is 1. The summed E-state index contributed by atoms with van der Waals surface area (Å²) in [6.07, 6.45) is -1.23. The van der Waals surface area contributed by atoms with E-state index in [1.807, 2.05) is 0 Å². The van der Waals surface area contributed by atoms with Gasteiger partial charge in [-0.05, 0) is 25.1 Å². The van der Waals surface area contributed by atoms with Gasteiger partial charge in [0, 0.05) is 18.7 Å². The van der Waals surface area contributed by atoms with Gasteiger partial charge in [0.2, 0.25) is 0 Å². The lowest BCUT2D eigenvalue weighted by Gasteiger charge is -2.22. The normalized spacial score (nSPS) is 16.3. The number of hydrogen-bond donors (Lipinski definition) is 4. The second kappa shape index (κ2) is 6.19. The predicted molar refractivity (Wildman–Crippen MR) is 61.9 cm³/mol. The predicted octanol–water partition coefficient (Wildman–Crippen LogP) is 0.331. The van der Waals surface area contributed by atoms with Crippen LogP contribution in [0.5, 0.6) is 0 Å². The maximum absolute atomic E-state index is 13.3. The van der Waals surface area contributed by atoms with E-state index in [-0.39, 0.29) is 18.7 Å². The first-order valence-corrected chi connectivity index (χ1v) is 5.53. The number of aliphatic hydroxyl groups is 3. The molecule has 4 N–H and O–H groups in total. The standard InChI is InChI=1S/C12H17F2NO3/c1-12(18,7-16)6-15-5-11(17)9-4-8(13)2-3-10(9)14/h2-4,11,15-18H,5-7H2,1H3. The molecule has 2 unspecified atom stereocenters. The Balaban J connectivity index is 2.55. The molecule has 0 fully saturated rings. The molecule has 0 bridgehead atoms. The summed E-state index contributed by atoms with van der Waals surface area (Å²) in [5.41, 5.74) is -1.47. The highest BCUT2D eigenvalue weighted by Gasteiger charge is 2.20. The van der Waals surface area contributed by atoms with Gasteiger partial charge in [0.1, 0.15) is 11.6 Å². The fourth-order valence-corrected chi connectivity index (χ4v) is 1.41. The van der Waals surface area contributed by atoms with Gasteiger partial charge in [-0.25, -0.2) is 8.78 Å². The number of aliphatic hydroxyl groups excluding tert-OH is 2. The lowest BCUT2D eigenvalue weighted by Crippen LogP contribution is -2.42. The van der Waals surface area contributed by atoms with Gasteiger partial charge in [0.25, 0.3) is 0 Å². The van der Waals surface area contributed by atoms with E-state index in [2.05, 4.69) is 5.32 Å². The quantitative estimate of drug-likeness (QED) is 0.595. The van der Waals surface area contributed by atoms with Gasteiger partial charge in [-0.15, -0.1) is 0 Å². The van der Waals surface area contributed by atoms with Crippen LogP contribution in [0.15, 0.2) is 18.2 Å². The molecule has 0 amide bonds. The third-order valence-electron chi connectivity index (χ3n) is 2.50. The van der Waals surface area contributed by atoms with Crippen LogP contribution in [0.2, 0.25) is 0 Å². The van der Waals surface area contributed by atoms with Crippen LogP contribution < -0.4 is 5.32 Å². The second-order valence-electron chi connectivity index (χ2n) is 4.47. The molecule has 1 rings (SSSR count). The molecule has 0 heterocycles. The number of rotatable bonds is 6. The lowest BCUT2D eigenvalue weighted by atomic mass is 10.1. The summed E-state index contributed by atoms with van der Waals surface area (Å²) in [6.45, 7) is 0.938. The molecule has 4 nitrogen and oxygen atoms in total. The smallest absolute Gasteiger partial charge is 0.129 e. The Bertz CT molecular complexity index is 399. The molecule has 0 spiro atoms. The van der Waals surface area contributed by atoms with Crippen LogP contribution in [0.4, 0.5) is 8.78 Å². The summed E-state index contributed by atoms with van der Waals surface area (Å²) in [5.74, 6) is -1.33. The van der Waals surface area contributed by atoms with Crippen molar-refractivity contribution in [3.8, 4) is 0 Å². The molecule has 0 aromatic heterocycles. The van der Waals surface area contributed by atoms with Crippen LogP contribution >= 0.6 is 0 Å². The van der Waals surface area contributed by atoms with Gasteiger partial charge in [0.05, 0.1) is 18.3 Å². The van der Waals surface area contributed by atoms with Crippen molar-refractivity contribution >= 4 is 0 Å². The Morgan fingerprint density at radius 2 is 2.06 bits per heavy atom. The van der Waals surface area contributed by atoms with E-state index in [1.165, 1.54) is 6.92 Å². The van der Waals surface area contributed by atoms with Gasteiger partial charge < -0.3 is 20.6 Å². The third-order valence-corrected chi connectivity index (χ3v) is 2.50. The SMILES string of the molecule is CC(O)(CO)CNCC(O)c1cc(F)ccc1F. The first-order chi connectivity index (χ1) is 8.35. The molecule has 18 heavy (non-hydrogen) atoms. The van der Waals surface area contributed by atoms with Gasteiger partial charge >= 0.3 is 0 Å². The molecule has 102 valence electrons. The van der Waals surface area contributed by atoms with Crippen molar-refractivity contribution in [2.24, 2.45) is 0 Å². The highest BCUT2D eigenvalue weighted by molar-refractivity contribution is 5.21. The van der Waals surface area contributed by atoms with E-state index in [0.717, 1.165) is 18.2 Å². The zero-order chi connectivity index (χ0) is 13.8. The van der Waals surface area contributed by atoms with Crippen molar-refractivity contribution in [2.45, 2.75) is 18.6 Å². The Hall–Kier alpha value is -1.08. The van der Waals surface area contributed by atoms with Crippen molar-refractivity contribution in [1.82, 2.24) is 5.32 Å². The van der Waals surface area contributed by atoms with E-state index >= 15 is 0 Å². The minimum atomic E-state index is -1.32. The van der Waals surface area contributed by atoms with E-state index in [4.69, 9.17) is 5.11 Å². The molecule has 0 saturated carbocycles. The average molecular weight is 261 g/mol. The third kappa shape index (κ3) is 4.30. The Kier molecular flexibility index (Phi) is 5.15. The zero-order valence-corrected chi connectivity index (χ0v) is 10.0. The van der Waals surface area contributed by atoms with Gasteiger partial charge in [0.15, 0.2) is 0 Å². The fourth-order valence-electron chi connectivity index (χ4n) is 1.41. The average Bonchev–Trinajstić information content (AvgIpc) is 2.32. The highest BCUT2D eigenvalue weighted by atomic mass is 19.1. The van der Waals surface area contributed by atoms with Gasteiger partial charge in [-0.3, -0.25) is 0 Å². The molecule has 0 aliphatic carbocycles. The van der Waals surface area contributed by atoms with Crippen molar-refractivity contribution < 1.29 is 24.1 Å². The highest BCUT2D eigenvalue weighted by Crippen LogP contribution is 2.17. The van der Waals surface area contributed by atoms with Crippen LogP contribution in [-0.2, 0) is 0 Å². The van der Waals surface area contributed by atoms with E-state index in [0.29, 0.717) is 0 Å². The van der Waals surface area contributed by atoms with Crippen molar-refractivity contribution in [1.29, 1.82) is 0 Å². The maximum Gasteiger partial charge on any atom is 0.129 e. The molecular formula is C12H17F2NO3. The van der Waals surface area contributed by atoms with Crippen LogP contribution in [0.25, 0.3) is 0 Å². The number of halogens is 2. The summed E-state index contributed by atoms with van der Waals surface area (Å²) in [5, 5.41) is 30.6. The van der Waals surface area contributed by atoms with E-state index < -0.39 is 29.9 Å². The van der Waals surface area contributed by atoms with Crippen LogP contribution in [-0.4, -0.2) is 40.6 Å². The Labute approximate surface area is 104 Å². The first kappa shape index (κ1) is 15.0. The molecular weight excluding hydrogens is 244 g/mol. The molecule has 0 radical (unpaired) electrons. The minimum absolute atomic E-state index is 0.0253. The Morgan fingerprint density at radius 1 is 1.39 bits per heavy atom. The van der Waals surface area contributed by atoms with Crippen molar-refractivity contribution in [3.63, 3.8) is 0 Å². The van der Waals surface area contributed by atoms with Crippen molar-refractivity contribution in [3.05, 3.63) is 35.4 Å². The summed E-state index contributed by atoms with van der Waals surface area (Å²) in [6, 6.07) is 2.83. The summed E-state index contributed by atoms with van der Waals surface area (Å²) in [7, 11) is 0. The zero-order valence-electron chi connectivity index (χ0n) is 10.0. The van der Waals surface area contributed by atoms with Crippen LogP contribution in [0.1, 0.15) is 18.6 Å². The van der Waals surface area contributed by atoms with Crippen LogP contribution in [0.3, 0.4) is 0 Å². The number of hydrogen-bond acceptors (Lipinski definition) is 4. The largest absolute Gasteiger partial charge is 0.393 e. The molecule has 0 aliphatic heterocycles. The lowest BCUT2D eigenvalue weighted by molar-refractivity contribution is 0.000664. The van der Waals surface area contributed by atoms with E-state index in [1.54, 1.807) is 0 Å². The monoisotopic (exact) mass is 261 g/mol. The van der Waals surface area contributed by atoms with Crippen LogP contribution in [0, 0.1) is 11.6 Å². The van der Waals surface area contributed by atoms with Crippen molar-refractivity contribution in [2.75, 3.05) is 19.7 Å². The van der Waals surface area contributed by atoms with Gasteiger partial charge in [-0.1, -0.05) is 0 Å². The second-order valence-corrected chi connectivity index (χ2v) is 4.47. The molecule has 0 saturated heterocycles. The topological polar surface area (TPSA) is 72.7 Å². The Morgan fingerprint density at radius 3 is 2.67 bits per heavy atom. The number of nitrogens with one attached hydrogen (secondary N) is 1. The first-order valence-electron chi connectivity index (χ1n) is 5.53. The summed E-state index contributed by atoms with van der Waals surface area (Å²) in [4.78, 5) is 0. The van der Waals surface area contributed by atoms with Gasteiger partial charge in [-0.2, -0.15) is 0 Å². The molecule has 1 aromatic rings. The molecule has 6 heteroatoms. The molecule has 1 aromatic carbocycles. The minimum Gasteiger partial charge on any atom is -0.393 e. The summed E-state index contributed by atoms with van der Waals surface area (Å²) >= 11 is 0.